The Balaban J connectivity index is 2.73. The maximum absolute atomic E-state index is 11.7. The number of carbonyl (C=O) groups is 3. The molecule has 0 fully saturated rings. The number of hydrogen-bond acceptors (Lipinski definition) is 5. The van der Waals surface area contributed by atoms with Crippen LogP contribution in [0.1, 0.15) is 23.7 Å². The second-order valence-electron chi connectivity index (χ2n) is 4.07. The Bertz CT molecular complexity index is 516. The third kappa shape index (κ3) is 4.69. The summed E-state index contributed by atoms with van der Waals surface area (Å²) in [4.78, 5) is 33.9. The topological polar surface area (TPSA) is 125 Å². The molecule has 0 aromatic heterocycles. The highest BCUT2D eigenvalue weighted by Gasteiger charge is 2.16. The van der Waals surface area contributed by atoms with Crippen molar-refractivity contribution in [1.29, 1.82) is 0 Å². The van der Waals surface area contributed by atoms with Crippen LogP contribution in [-0.2, 0) is 14.3 Å². The van der Waals surface area contributed by atoms with Gasteiger partial charge in [0, 0.05) is 5.69 Å². The molecule has 0 aliphatic heterocycles. The first-order chi connectivity index (χ1) is 9.43. The molecule has 108 valence electrons. The fourth-order valence-corrected chi connectivity index (χ4v) is 1.48. The molecule has 1 aromatic rings. The van der Waals surface area contributed by atoms with Crippen molar-refractivity contribution in [1.82, 2.24) is 0 Å². The molecular weight excluding hydrogens is 262 g/mol. The van der Waals surface area contributed by atoms with E-state index in [0.717, 1.165) is 0 Å². The predicted octanol–water partition coefficient (Wildman–Crippen LogP) is 0.00450. The van der Waals surface area contributed by atoms with E-state index in [-0.39, 0.29) is 13.0 Å². The van der Waals surface area contributed by atoms with Gasteiger partial charge in [0.05, 0.1) is 24.6 Å². The van der Waals surface area contributed by atoms with Crippen molar-refractivity contribution in [3.8, 4) is 0 Å². The van der Waals surface area contributed by atoms with E-state index < -0.39 is 23.8 Å². The summed E-state index contributed by atoms with van der Waals surface area (Å²) < 4.78 is 4.85. The molecular formula is C13H17N3O4. The lowest BCUT2D eigenvalue weighted by molar-refractivity contribution is -0.123. The van der Waals surface area contributed by atoms with Gasteiger partial charge in [-0.15, -0.1) is 0 Å². The number of nitrogens with one attached hydrogen (secondary N) is 1. The fourth-order valence-electron chi connectivity index (χ4n) is 1.48. The third-order valence-electron chi connectivity index (χ3n) is 2.40. The molecule has 1 atom stereocenters. The van der Waals surface area contributed by atoms with E-state index in [1.165, 1.54) is 6.07 Å². The van der Waals surface area contributed by atoms with E-state index in [0.29, 0.717) is 11.3 Å². The van der Waals surface area contributed by atoms with Crippen molar-refractivity contribution in [2.24, 2.45) is 11.5 Å². The summed E-state index contributed by atoms with van der Waals surface area (Å²) in [5.74, 6) is -1.69. The van der Waals surface area contributed by atoms with Crippen molar-refractivity contribution >= 4 is 23.5 Å². The SMILES string of the molecule is CCOC(=O)c1cccc(NC(=O)C(N)CC(N)=O)c1. The molecule has 7 heteroatoms. The first-order valence-corrected chi connectivity index (χ1v) is 6.06. The summed E-state index contributed by atoms with van der Waals surface area (Å²) in [5, 5.41) is 2.50. The molecule has 7 nitrogen and oxygen atoms in total. The molecule has 0 bridgehead atoms. The van der Waals surface area contributed by atoms with Crippen LogP contribution in [0.25, 0.3) is 0 Å². The van der Waals surface area contributed by atoms with Crippen LogP contribution >= 0.6 is 0 Å². The molecule has 1 aromatic carbocycles. The Morgan fingerprint density at radius 2 is 2.05 bits per heavy atom. The smallest absolute Gasteiger partial charge is 0.338 e. The monoisotopic (exact) mass is 279 g/mol. The standard InChI is InChI=1S/C13H17N3O4/c1-2-20-13(19)8-4-3-5-9(6-8)16-12(18)10(14)7-11(15)17/h3-6,10H,2,7,14H2,1H3,(H2,15,17)(H,16,18). The van der Waals surface area contributed by atoms with Crippen molar-refractivity contribution in [2.45, 2.75) is 19.4 Å². The Morgan fingerprint density at radius 1 is 1.35 bits per heavy atom. The minimum Gasteiger partial charge on any atom is -0.462 e. The van der Waals surface area contributed by atoms with Crippen LogP contribution in [0.2, 0.25) is 0 Å². The summed E-state index contributed by atoms with van der Waals surface area (Å²) in [6, 6.07) is 5.20. The highest BCUT2D eigenvalue weighted by Crippen LogP contribution is 2.12. The number of esters is 1. The quantitative estimate of drug-likeness (QED) is 0.632. The Hall–Kier alpha value is -2.41. The first-order valence-electron chi connectivity index (χ1n) is 6.06. The van der Waals surface area contributed by atoms with Gasteiger partial charge in [-0.1, -0.05) is 6.07 Å². The maximum atomic E-state index is 11.7. The number of rotatable bonds is 6. The first kappa shape index (κ1) is 15.6. The van der Waals surface area contributed by atoms with Crippen LogP contribution in [0.4, 0.5) is 5.69 Å². The highest BCUT2D eigenvalue weighted by molar-refractivity contribution is 5.98. The van der Waals surface area contributed by atoms with Crippen LogP contribution in [0, 0.1) is 0 Å². The Kier molecular flexibility index (Phi) is 5.67. The lowest BCUT2D eigenvalue weighted by atomic mass is 10.1. The third-order valence-corrected chi connectivity index (χ3v) is 2.40. The summed E-state index contributed by atoms with van der Waals surface area (Å²) in [5.41, 5.74) is 11.2. The second-order valence-corrected chi connectivity index (χ2v) is 4.07. The number of nitrogens with two attached hydrogens (primary N) is 2. The fraction of sp³-hybridized carbons (Fsp3) is 0.308. The summed E-state index contributed by atoms with van der Waals surface area (Å²) in [6.07, 6.45) is -0.247. The highest BCUT2D eigenvalue weighted by atomic mass is 16.5. The van der Waals surface area contributed by atoms with Crippen molar-refractivity contribution < 1.29 is 19.1 Å². The van der Waals surface area contributed by atoms with Crippen LogP contribution in [0.3, 0.4) is 0 Å². The Labute approximate surface area is 116 Å². The second kappa shape index (κ2) is 7.25. The summed E-state index contributed by atoms with van der Waals surface area (Å²) >= 11 is 0. The van der Waals surface area contributed by atoms with E-state index in [1.807, 2.05) is 0 Å². The van der Waals surface area contributed by atoms with Gasteiger partial charge < -0.3 is 21.5 Å². The van der Waals surface area contributed by atoms with Crippen molar-refractivity contribution in [3.05, 3.63) is 29.8 Å². The summed E-state index contributed by atoms with van der Waals surface area (Å²) in [7, 11) is 0. The molecule has 1 rings (SSSR count). The zero-order chi connectivity index (χ0) is 15.1. The van der Waals surface area contributed by atoms with Gasteiger partial charge in [0.25, 0.3) is 0 Å². The molecule has 2 amide bonds. The minimum absolute atomic E-state index is 0.247. The Morgan fingerprint density at radius 3 is 2.65 bits per heavy atom. The molecule has 0 spiro atoms. The summed E-state index contributed by atoms with van der Waals surface area (Å²) in [6.45, 7) is 1.96. The number of benzene rings is 1. The molecule has 20 heavy (non-hydrogen) atoms. The van der Waals surface area contributed by atoms with Crippen LogP contribution < -0.4 is 16.8 Å². The van der Waals surface area contributed by atoms with E-state index in [4.69, 9.17) is 16.2 Å². The largest absolute Gasteiger partial charge is 0.462 e. The number of hydrogen-bond donors (Lipinski definition) is 3. The normalized spacial score (nSPS) is 11.5. The van der Waals surface area contributed by atoms with Gasteiger partial charge in [-0.05, 0) is 25.1 Å². The molecule has 0 saturated heterocycles. The van der Waals surface area contributed by atoms with Gasteiger partial charge in [-0.3, -0.25) is 9.59 Å². The molecule has 0 aliphatic rings. The van der Waals surface area contributed by atoms with Crippen LogP contribution in [0.5, 0.6) is 0 Å². The van der Waals surface area contributed by atoms with Crippen LogP contribution in [-0.4, -0.2) is 30.4 Å². The average Bonchev–Trinajstić information content (AvgIpc) is 2.38. The van der Waals surface area contributed by atoms with Crippen molar-refractivity contribution in [3.63, 3.8) is 0 Å². The molecule has 0 saturated carbocycles. The number of ether oxygens (including phenoxy) is 1. The molecule has 0 aliphatic carbocycles. The predicted molar refractivity (Wildman–Crippen MR) is 72.8 cm³/mol. The molecule has 0 heterocycles. The van der Waals surface area contributed by atoms with Gasteiger partial charge in [-0.2, -0.15) is 0 Å². The molecule has 0 radical (unpaired) electrons. The number of amides is 2. The van der Waals surface area contributed by atoms with Gasteiger partial charge in [-0.25, -0.2) is 4.79 Å². The lowest BCUT2D eigenvalue weighted by Crippen LogP contribution is -2.39. The van der Waals surface area contributed by atoms with E-state index >= 15 is 0 Å². The van der Waals surface area contributed by atoms with Gasteiger partial charge in [0.2, 0.25) is 11.8 Å². The number of primary amides is 1. The zero-order valence-electron chi connectivity index (χ0n) is 11.1. The van der Waals surface area contributed by atoms with E-state index in [1.54, 1.807) is 25.1 Å². The van der Waals surface area contributed by atoms with Crippen molar-refractivity contribution in [2.75, 3.05) is 11.9 Å². The number of anilines is 1. The van der Waals surface area contributed by atoms with Gasteiger partial charge in [0.1, 0.15) is 0 Å². The molecule has 1 unspecified atom stereocenters. The maximum Gasteiger partial charge on any atom is 0.338 e. The lowest BCUT2D eigenvalue weighted by Gasteiger charge is -2.11. The van der Waals surface area contributed by atoms with Crippen LogP contribution in [0.15, 0.2) is 24.3 Å². The van der Waals surface area contributed by atoms with Gasteiger partial charge >= 0.3 is 5.97 Å². The molecule has 5 N–H and O–H groups in total. The number of carbonyl (C=O) groups excluding carboxylic acids is 3. The minimum atomic E-state index is -1.03. The van der Waals surface area contributed by atoms with E-state index in [2.05, 4.69) is 5.32 Å². The average molecular weight is 279 g/mol. The zero-order valence-corrected chi connectivity index (χ0v) is 11.1. The van der Waals surface area contributed by atoms with Gasteiger partial charge in [0.15, 0.2) is 0 Å². The van der Waals surface area contributed by atoms with E-state index in [9.17, 15) is 14.4 Å².